The molecule has 108 valence electrons. The molecule has 0 atom stereocenters. The molecule has 0 saturated heterocycles. The molecule has 0 aliphatic rings. The maximum atomic E-state index is 12.0. The number of nitrogens with two attached hydrogens (primary N) is 1. The quantitative estimate of drug-likeness (QED) is 0.817. The molecule has 6 nitrogen and oxygen atoms in total. The van der Waals surface area contributed by atoms with Crippen molar-refractivity contribution in [3.63, 3.8) is 0 Å². The molecule has 1 aromatic rings. The molecule has 0 bridgehead atoms. The zero-order chi connectivity index (χ0) is 14.6. The Hall–Kier alpha value is -1.47. The monoisotopic (exact) mass is 286 g/mol. The average molecular weight is 286 g/mol. The van der Waals surface area contributed by atoms with Crippen LogP contribution in [0.4, 0.5) is 10.7 Å². The van der Waals surface area contributed by atoms with Crippen LogP contribution in [0.3, 0.4) is 0 Å². The fourth-order valence-electron chi connectivity index (χ4n) is 1.50. The largest absolute Gasteiger partial charge is 0.492 e. The molecule has 0 radical (unpaired) electrons. The van der Waals surface area contributed by atoms with Crippen molar-refractivity contribution in [3.8, 4) is 5.75 Å². The molecule has 0 aromatic carbocycles. The third-order valence-electron chi connectivity index (χ3n) is 2.55. The lowest BCUT2D eigenvalue weighted by atomic mass is 10.3. The Morgan fingerprint density at radius 3 is 2.47 bits per heavy atom. The molecule has 1 aromatic heterocycles. The van der Waals surface area contributed by atoms with Gasteiger partial charge >= 0.3 is 0 Å². The van der Waals surface area contributed by atoms with Gasteiger partial charge in [0.05, 0.1) is 7.11 Å². The number of ether oxygens (including phenoxy) is 1. The summed E-state index contributed by atoms with van der Waals surface area (Å²) in [6.07, 6.45) is 0. The molecule has 1 rings (SSSR count). The van der Waals surface area contributed by atoms with Crippen LogP contribution in [0.1, 0.15) is 9.67 Å². The smallest absolute Gasteiger partial charge is 0.265 e. The zero-order valence-electron chi connectivity index (χ0n) is 12.1. The highest BCUT2D eigenvalue weighted by Crippen LogP contribution is 2.42. The number of carbonyl (C=O) groups excluding carboxylic acids is 1. The van der Waals surface area contributed by atoms with Crippen molar-refractivity contribution in [1.82, 2.24) is 9.80 Å². The number of hydrogen-bond acceptors (Lipinski definition) is 6. The summed E-state index contributed by atoms with van der Waals surface area (Å²) >= 11 is 1.33. The van der Waals surface area contributed by atoms with Gasteiger partial charge in [0.1, 0.15) is 15.6 Å². The summed E-state index contributed by atoms with van der Waals surface area (Å²) in [4.78, 5) is 16.1. The van der Waals surface area contributed by atoms with Gasteiger partial charge in [0, 0.05) is 27.2 Å². The van der Waals surface area contributed by atoms with E-state index in [-0.39, 0.29) is 5.91 Å². The van der Waals surface area contributed by atoms with Gasteiger partial charge in [-0.05, 0) is 14.1 Å². The molecule has 1 heterocycles. The van der Waals surface area contributed by atoms with Gasteiger partial charge in [-0.1, -0.05) is 0 Å². The number of nitrogens with one attached hydrogen (secondary N) is 1. The number of nitrogens with zero attached hydrogens (tertiary/aromatic N) is 2. The number of nitrogen functional groups attached to an aromatic ring is 1. The molecular formula is C12H22N4O2S. The van der Waals surface area contributed by atoms with E-state index in [1.165, 1.54) is 16.2 Å². The summed E-state index contributed by atoms with van der Waals surface area (Å²) < 4.78 is 5.28. The van der Waals surface area contributed by atoms with Crippen LogP contribution in [0.25, 0.3) is 0 Å². The highest BCUT2D eigenvalue weighted by atomic mass is 32.1. The Labute approximate surface area is 118 Å². The predicted molar refractivity (Wildman–Crippen MR) is 80.3 cm³/mol. The van der Waals surface area contributed by atoms with Gasteiger partial charge in [-0.25, -0.2) is 0 Å². The summed E-state index contributed by atoms with van der Waals surface area (Å²) in [6, 6.07) is 0. The Morgan fingerprint density at radius 1 is 1.37 bits per heavy atom. The molecule has 3 N–H and O–H groups in total. The van der Waals surface area contributed by atoms with Crippen LogP contribution >= 0.6 is 11.3 Å². The average Bonchev–Trinajstić information content (AvgIpc) is 2.64. The number of rotatable bonds is 6. The van der Waals surface area contributed by atoms with Gasteiger partial charge in [0.15, 0.2) is 5.75 Å². The molecule has 0 saturated carbocycles. The second-order valence-corrected chi connectivity index (χ2v) is 5.66. The maximum absolute atomic E-state index is 12.0. The lowest BCUT2D eigenvalue weighted by Gasteiger charge is -2.11. The number of hydrogen-bond donors (Lipinski definition) is 2. The van der Waals surface area contributed by atoms with Crippen LogP contribution in [0.15, 0.2) is 0 Å². The van der Waals surface area contributed by atoms with E-state index in [1.807, 2.05) is 14.1 Å². The third-order valence-corrected chi connectivity index (χ3v) is 3.68. The normalized spacial score (nSPS) is 10.6. The molecule has 0 unspecified atom stereocenters. The Balaban J connectivity index is 2.92. The molecule has 0 spiro atoms. The number of amides is 1. The van der Waals surface area contributed by atoms with Crippen molar-refractivity contribution in [2.75, 3.05) is 59.4 Å². The third kappa shape index (κ3) is 3.74. The Bertz CT molecular complexity index is 443. The molecule has 1 amide bonds. The molecule has 0 aliphatic heterocycles. The minimum Gasteiger partial charge on any atom is -0.492 e. The number of methoxy groups -OCH3 is 1. The van der Waals surface area contributed by atoms with Crippen molar-refractivity contribution in [1.29, 1.82) is 0 Å². The van der Waals surface area contributed by atoms with E-state index in [0.717, 1.165) is 18.1 Å². The lowest BCUT2D eigenvalue weighted by molar-refractivity contribution is 0.0833. The second kappa shape index (κ2) is 6.63. The van der Waals surface area contributed by atoms with Crippen molar-refractivity contribution >= 4 is 27.9 Å². The molecule has 0 fully saturated rings. The fraction of sp³-hybridized carbons (Fsp3) is 0.583. The Kier molecular flexibility index (Phi) is 5.44. The van der Waals surface area contributed by atoms with Gasteiger partial charge in [-0.15, -0.1) is 11.3 Å². The molecule has 19 heavy (non-hydrogen) atoms. The molecule has 7 heteroatoms. The SMILES string of the molecule is COc1c(NCCN(C)C)sc(C(=O)N(C)C)c1N. The number of likely N-dealkylation sites (N-methyl/N-ethyl adjacent to an activating group) is 1. The summed E-state index contributed by atoms with van der Waals surface area (Å²) in [5.41, 5.74) is 6.37. The number of anilines is 2. The van der Waals surface area contributed by atoms with Gasteiger partial charge in [0.2, 0.25) is 0 Å². The van der Waals surface area contributed by atoms with E-state index in [4.69, 9.17) is 10.5 Å². The summed E-state index contributed by atoms with van der Waals surface area (Å²) in [7, 11) is 8.96. The topological polar surface area (TPSA) is 70.8 Å². The van der Waals surface area contributed by atoms with Crippen LogP contribution in [0, 0.1) is 0 Å². The predicted octanol–water partition coefficient (Wildman–Crippen LogP) is 1.01. The van der Waals surface area contributed by atoms with Gasteiger partial charge < -0.3 is 25.6 Å². The van der Waals surface area contributed by atoms with Crippen LogP contribution in [0.2, 0.25) is 0 Å². The minimum atomic E-state index is -0.110. The van der Waals surface area contributed by atoms with Crippen LogP contribution in [-0.2, 0) is 0 Å². The molecular weight excluding hydrogens is 264 g/mol. The van der Waals surface area contributed by atoms with Gasteiger partial charge in [0.25, 0.3) is 5.91 Å². The van der Waals surface area contributed by atoms with Crippen LogP contribution in [0.5, 0.6) is 5.75 Å². The van der Waals surface area contributed by atoms with E-state index in [9.17, 15) is 4.79 Å². The first kappa shape index (κ1) is 15.6. The second-order valence-electron chi connectivity index (χ2n) is 4.64. The van der Waals surface area contributed by atoms with Crippen LogP contribution in [-0.4, -0.2) is 64.1 Å². The summed E-state index contributed by atoms with van der Waals surface area (Å²) in [6.45, 7) is 1.65. The van der Waals surface area contributed by atoms with E-state index in [0.29, 0.717) is 16.3 Å². The van der Waals surface area contributed by atoms with E-state index in [1.54, 1.807) is 21.2 Å². The first-order valence-electron chi connectivity index (χ1n) is 5.95. The van der Waals surface area contributed by atoms with E-state index in [2.05, 4.69) is 10.2 Å². The van der Waals surface area contributed by atoms with Crippen molar-refractivity contribution in [3.05, 3.63) is 4.88 Å². The van der Waals surface area contributed by atoms with Gasteiger partial charge in [-0.3, -0.25) is 4.79 Å². The van der Waals surface area contributed by atoms with Crippen molar-refractivity contribution in [2.45, 2.75) is 0 Å². The maximum Gasteiger partial charge on any atom is 0.265 e. The van der Waals surface area contributed by atoms with Crippen molar-refractivity contribution in [2.24, 2.45) is 0 Å². The molecule has 0 aliphatic carbocycles. The lowest BCUT2D eigenvalue weighted by Crippen LogP contribution is -2.21. The minimum absolute atomic E-state index is 0.110. The number of carbonyl (C=O) groups is 1. The van der Waals surface area contributed by atoms with Crippen LogP contribution < -0.4 is 15.8 Å². The number of thiophene rings is 1. The van der Waals surface area contributed by atoms with E-state index < -0.39 is 0 Å². The van der Waals surface area contributed by atoms with Gasteiger partial charge in [-0.2, -0.15) is 0 Å². The highest BCUT2D eigenvalue weighted by Gasteiger charge is 2.22. The first-order valence-corrected chi connectivity index (χ1v) is 6.76. The highest BCUT2D eigenvalue weighted by molar-refractivity contribution is 7.19. The standard InChI is InChI=1S/C12H22N4O2S/c1-15(2)7-6-14-11-9(18-5)8(13)10(19-11)12(17)16(3)4/h14H,6-7,13H2,1-5H3. The fourth-order valence-corrected chi connectivity index (χ4v) is 2.64. The zero-order valence-corrected chi connectivity index (χ0v) is 12.9. The summed E-state index contributed by atoms with van der Waals surface area (Å²) in [5, 5.41) is 4.05. The first-order chi connectivity index (χ1) is 8.88. The van der Waals surface area contributed by atoms with Crippen molar-refractivity contribution < 1.29 is 9.53 Å². The Morgan fingerprint density at radius 2 is 2.00 bits per heavy atom. The summed E-state index contributed by atoms with van der Waals surface area (Å²) in [5.74, 6) is 0.440. The van der Waals surface area contributed by atoms with E-state index >= 15 is 0 Å².